The summed E-state index contributed by atoms with van der Waals surface area (Å²) in [5.41, 5.74) is 11.2. The van der Waals surface area contributed by atoms with Crippen LogP contribution in [0.25, 0.3) is 0 Å². The van der Waals surface area contributed by atoms with E-state index in [0.717, 1.165) is 0 Å². The van der Waals surface area contributed by atoms with Crippen molar-refractivity contribution in [3.63, 3.8) is 0 Å². The van der Waals surface area contributed by atoms with Crippen molar-refractivity contribution in [2.45, 2.75) is 6.92 Å². The molecular formula is C6H10N4O. The highest BCUT2D eigenvalue weighted by Gasteiger charge is 2.06. The first kappa shape index (κ1) is 7.59. The number of nitrogens with two attached hydrogens (primary N) is 2. The molecule has 1 aromatic rings. The minimum absolute atomic E-state index is 0.259. The molecule has 0 atom stereocenters. The Hall–Kier alpha value is -1.52. The van der Waals surface area contributed by atoms with Crippen LogP contribution in [0.15, 0.2) is 0 Å². The van der Waals surface area contributed by atoms with Crippen molar-refractivity contribution in [2.75, 3.05) is 18.6 Å². The molecule has 0 fully saturated rings. The molecule has 0 aromatic carbocycles. The van der Waals surface area contributed by atoms with E-state index in [1.165, 1.54) is 7.11 Å². The van der Waals surface area contributed by atoms with Crippen LogP contribution in [-0.4, -0.2) is 17.1 Å². The van der Waals surface area contributed by atoms with E-state index in [-0.39, 0.29) is 11.5 Å². The zero-order valence-corrected chi connectivity index (χ0v) is 6.46. The van der Waals surface area contributed by atoms with Crippen molar-refractivity contribution in [3.8, 4) is 5.88 Å². The van der Waals surface area contributed by atoms with Gasteiger partial charge in [0.2, 0.25) is 5.88 Å². The average Bonchev–Trinajstić information content (AvgIpc) is 1.96. The highest BCUT2D eigenvalue weighted by atomic mass is 16.5. The van der Waals surface area contributed by atoms with Gasteiger partial charge < -0.3 is 16.2 Å². The molecule has 0 unspecified atom stereocenters. The van der Waals surface area contributed by atoms with Crippen LogP contribution in [0.1, 0.15) is 5.82 Å². The van der Waals surface area contributed by atoms with Crippen molar-refractivity contribution in [3.05, 3.63) is 5.82 Å². The van der Waals surface area contributed by atoms with Gasteiger partial charge in [0.25, 0.3) is 0 Å². The van der Waals surface area contributed by atoms with Crippen LogP contribution in [0.5, 0.6) is 5.88 Å². The number of nitrogens with zero attached hydrogens (tertiary/aromatic N) is 2. The Labute approximate surface area is 64.4 Å². The molecule has 0 saturated carbocycles. The maximum atomic E-state index is 5.49. The summed E-state index contributed by atoms with van der Waals surface area (Å²) < 4.78 is 4.85. The van der Waals surface area contributed by atoms with Gasteiger partial charge in [-0.15, -0.1) is 0 Å². The summed E-state index contributed by atoms with van der Waals surface area (Å²) in [5.74, 6) is 1.14. The van der Waals surface area contributed by atoms with Crippen LogP contribution in [0.3, 0.4) is 0 Å². The molecule has 1 heterocycles. The lowest BCUT2D eigenvalue weighted by Gasteiger charge is -2.05. The average molecular weight is 154 g/mol. The van der Waals surface area contributed by atoms with Crippen LogP contribution in [0.4, 0.5) is 11.5 Å². The Morgan fingerprint density at radius 1 is 1.27 bits per heavy atom. The normalized spacial score (nSPS) is 9.64. The molecule has 60 valence electrons. The molecule has 11 heavy (non-hydrogen) atoms. The lowest BCUT2D eigenvalue weighted by molar-refractivity contribution is 0.398. The molecule has 0 aliphatic rings. The summed E-state index contributed by atoms with van der Waals surface area (Å²) in [6.45, 7) is 1.72. The van der Waals surface area contributed by atoms with E-state index in [9.17, 15) is 0 Å². The Morgan fingerprint density at radius 3 is 2.45 bits per heavy atom. The van der Waals surface area contributed by atoms with Gasteiger partial charge in [-0.05, 0) is 6.92 Å². The summed E-state index contributed by atoms with van der Waals surface area (Å²) in [6.07, 6.45) is 0. The summed E-state index contributed by atoms with van der Waals surface area (Å²) in [5, 5.41) is 0. The number of rotatable bonds is 1. The third-order valence-corrected chi connectivity index (χ3v) is 1.25. The third kappa shape index (κ3) is 1.31. The van der Waals surface area contributed by atoms with Gasteiger partial charge in [0.05, 0.1) is 7.11 Å². The SMILES string of the molecule is COc1nc(C)nc(N)c1N. The van der Waals surface area contributed by atoms with Gasteiger partial charge in [0.15, 0.2) is 5.82 Å². The fourth-order valence-corrected chi connectivity index (χ4v) is 0.732. The van der Waals surface area contributed by atoms with Crippen LogP contribution >= 0.6 is 0 Å². The molecule has 5 heteroatoms. The smallest absolute Gasteiger partial charge is 0.242 e. The molecular weight excluding hydrogens is 144 g/mol. The van der Waals surface area contributed by atoms with Gasteiger partial charge in [-0.25, -0.2) is 4.98 Å². The molecule has 5 nitrogen and oxygen atoms in total. The van der Waals surface area contributed by atoms with Crippen molar-refractivity contribution in [2.24, 2.45) is 0 Å². The number of methoxy groups -OCH3 is 1. The fraction of sp³-hybridized carbons (Fsp3) is 0.333. The maximum absolute atomic E-state index is 5.49. The quantitative estimate of drug-likeness (QED) is 0.592. The number of ether oxygens (including phenoxy) is 1. The second-order valence-corrected chi connectivity index (χ2v) is 2.08. The highest BCUT2D eigenvalue weighted by Crippen LogP contribution is 2.22. The van der Waals surface area contributed by atoms with Gasteiger partial charge in [-0.3, -0.25) is 0 Å². The number of nitrogen functional groups attached to an aromatic ring is 2. The topological polar surface area (TPSA) is 87.0 Å². The predicted octanol–water partition coefficient (Wildman–Crippen LogP) is -0.0420. The zero-order chi connectivity index (χ0) is 8.43. The summed E-state index contributed by atoms with van der Waals surface area (Å²) in [7, 11) is 1.48. The minimum Gasteiger partial charge on any atom is -0.479 e. The molecule has 0 spiro atoms. The number of anilines is 2. The third-order valence-electron chi connectivity index (χ3n) is 1.25. The second kappa shape index (κ2) is 2.61. The first-order chi connectivity index (χ1) is 5.15. The van der Waals surface area contributed by atoms with E-state index in [0.29, 0.717) is 11.7 Å². The monoisotopic (exact) mass is 154 g/mol. The second-order valence-electron chi connectivity index (χ2n) is 2.08. The standard InChI is InChI=1S/C6H10N4O/c1-3-9-5(8)4(7)6(10-3)11-2/h7H2,1-2H3,(H2,8,9,10). The molecule has 4 N–H and O–H groups in total. The van der Waals surface area contributed by atoms with Crippen molar-refractivity contribution in [1.29, 1.82) is 0 Å². The molecule has 0 aliphatic carbocycles. The Bertz CT molecular complexity index is 274. The van der Waals surface area contributed by atoms with Gasteiger partial charge in [-0.2, -0.15) is 4.98 Å². The Morgan fingerprint density at radius 2 is 1.91 bits per heavy atom. The zero-order valence-electron chi connectivity index (χ0n) is 6.46. The van der Waals surface area contributed by atoms with Crippen molar-refractivity contribution < 1.29 is 4.74 Å². The number of aryl methyl sites for hydroxylation is 1. The lowest BCUT2D eigenvalue weighted by atomic mass is 10.4. The maximum Gasteiger partial charge on any atom is 0.242 e. The largest absolute Gasteiger partial charge is 0.479 e. The van der Waals surface area contributed by atoms with Gasteiger partial charge in [0.1, 0.15) is 11.5 Å². The molecule has 0 radical (unpaired) electrons. The van der Waals surface area contributed by atoms with Gasteiger partial charge >= 0.3 is 0 Å². The van der Waals surface area contributed by atoms with E-state index in [4.69, 9.17) is 16.2 Å². The Kier molecular flexibility index (Phi) is 1.80. The number of hydrogen-bond acceptors (Lipinski definition) is 5. The number of aromatic nitrogens is 2. The van der Waals surface area contributed by atoms with E-state index < -0.39 is 0 Å². The van der Waals surface area contributed by atoms with Crippen LogP contribution in [-0.2, 0) is 0 Å². The Balaban J connectivity index is 3.24. The van der Waals surface area contributed by atoms with E-state index in [1.54, 1.807) is 6.92 Å². The molecule has 1 aromatic heterocycles. The van der Waals surface area contributed by atoms with E-state index in [1.807, 2.05) is 0 Å². The number of hydrogen-bond donors (Lipinski definition) is 2. The highest BCUT2D eigenvalue weighted by molar-refractivity contribution is 5.64. The van der Waals surface area contributed by atoms with E-state index >= 15 is 0 Å². The van der Waals surface area contributed by atoms with Crippen LogP contribution in [0, 0.1) is 6.92 Å². The molecule has 0 saturated heterocycles. The van der Waals surface area contributed by atoms with Gasteiger partial charge in [0, 0.05) is 0 Å². The first-order valence-electron chi connectivity index (χ1n) is 3.08. The van der Waals surface area contributed by atoms with Crippen molar-refractivity contribution in [1.82, 2.24) is 9.97 Å². The lowest BCUT2D eigenvalue weighted by Crippen LogP contribution is -2.04. The van der Waals surface area contributed by atoms with Crippen LogP contribution in [0.2, 0.25) is 0 Å². The minimum atomic E-state index is 0.259. The van der Waals surface area contributed by atoms with Gasteiger partial charge in [-0.1, -0.05) is 0 Å². The summed E-state index contributed by atoms with van der Waals surface area (Å²) in [6, 6.07) is 0. The molecule has 1 rings (SSSR count). The first-order valence-corrected chi connectivity index (χ1v) is 3.08. The van der Waals surface area contributed by atoms with E-state index in [2.05, 4.69) is 9.97 Å². The predicted molar refractivity (Wildman–Crippen MR) is 42.1 cm³/mol. The fourth-order valence-electron chi connectivity index (χ4n) is 0.732. The summed E-state index contributed by atoms with van der Waals surface area (Å²) >= 11 is 0. The summed E-state index contributed by atoms with van der Waals surface area (Å²) in [4.78, 5) is 7.76. The molecule has 0 bridgehead atoms. The molecule has 0 aliphatic heterocycles. The van der Waals surface area contributed by atoms with Crippen LogP contribution < -0.4 is 16.2 Å². The molecule has 0 amide bonds. The van der Waals surface area contributed by atoms with Crippen molar-refractivity contribution >= 4 is 11.5 Å².